The smallest absolute Gasteiger partial charge is 0.274 e. The minimum absolute atomic E-state index is 0.181. The topological polar surface area (TPSA) is 95.1 Å². The predicted molar refractivity (Wildman–Crippen MR) is 75.0 cm³/mol. The molecule has 0 atom stereocenters. The molecule has 1 aliphatic heterocycles. The number of carbonyl (C=O) groups is 1. The Morgan fingerprint density at radius 1 is 1.10 bits per heavy atom. The molecule has 1 aliphatic rings. The number of nitrogens with zero attached hydrogens (tertiary/aromatic N) is 5. The second-order valence-electron chi connectivity index (χ2n) is 4.63. The Balaban J connectivity index is 1.64. The normalized spacial score (nSPS) is 15.0. The fraction of sp³-hybridized carbons (Fsp3) is 0.308. The third-order valence-electron chi connectivity index (χ3n) is 3.30. The number of rotatable bonds is 2. The summed E-state index contributed by atoms with van der Waals surface area (Å²) >= 11 is 0. The van der Waals surface area contributed by atoms with Gasteiger partial charge in [-0.15, -0.1) is 0 Å². The average Bonchev–Trinajstić information content (AvgIpc) is 2.56. The van der Waals surface area contributed by atoms with Crippen molar-refractivity contribution in [2.24, 2.45) is 0 Å². The van der Waals surface area contributed by atoms with Crippen LogP contribution in [0.5, 0.6) is 0 Å². The van der Waals surface area contributed by atoms with Crippen molar-refractivity contribution in [2.75, 3.05) is 31.1 Å². The Kier molecular flexibility index (Phi) is 3.59. The summed E-state index contributed by atoms with van der Waals surface area (Å²) in [4.78, 5) is 35.3. The fourth-order valence-electron chi connectivity index (χ4n) is 2.19. The Labute approximate surface area is 120 Å². The zero-order chi connectivity index (χ0) is 14.7. The van der Waals surface area contributed by atoms with E-state index in [4.69, 9.17) is 0 Å². The Bertz CT molecular complexity index is 658. The molecule has 3 heterocycles. The van der Waals surface area contributed by atoms with Crippen molar-refractivity contribution >= 4 is 11.9 Å². The number of hydrogen-bond donors (Lipinski definition) is 1. The van der Waals surface area contributed by atoms with Gasteiger partial charge in [0, 0.05) is 44.6 Å². The molecule has 0 saturated carbocycles. The first-order valence-electron chi connectivity index (χ1n) is 6.61. The van der Waals surface area contributed by atoms with Crippen LogP contribution in [0.3, 0.4) is 0 Å². The minimum Gasteiger partial charge on any atom is -0.337 e. The molecule has 1 fully saturated rings. The second kappa shape index (κ2) is 5.70. The van der Waals surface area contributed by atoms with Crippen molar-refractivity contribution in [1.82, 2.24) is 25.1 Å². The van der Waals surface area contributed by atoms with Gasteiger partial charge in [-0.1, -0.05) is 0 Å². The summed E-state index contributed by atoms with van der Waals surface area (Å²) in [6, 6.07) is 4.51. The van der Waals surface area contributed by atoms with Gasteiger partial charge in [-0.2, -0.15) is 5.10 Å². The molecular weight excluding hydrogens is 272 g/mol. The van der Waals surface area contributed by atoms with E-state index in [1.165, 1.54) is 12.1 Å². The van der Waals surface area contributed by atoms with E-state index in [-0.39, 0.29) is 17.2 Å². The van der Waals surface area contributed by atoms with Crippen LogP contribution in [-0.2, 0) is 0 Å². The number of amides is 1. The first kappa shape index (κ1) is 13.2. The molecule has 108 valence electrons. The highest BCUT2D eigenvalue weighted by Crippen LogP contribution is 2.11. The van der Waals surface area contributed by atoms with Crippen LogP contribution in [0.1, 0.15) is 10.5 Å². The standard InChI is InChI=1S/C13H14N6O2/c20-11-3-2-10(16-17-11)12(21)18-6-8-19(9-7-18)13-14-4-1-5-15-13/h1-5H,6-9H2,(H,17,20). The zero-order valence-corrected chi connectivity index (χ0v) is 11.3. The zero-order valence-electron chi connectivity index (χ0n) is 11.3. The predicted octanol–water partition coefficient (Wildman–Crippen LogP) is -0.478. The summed E-state index contributed by atoms with van der Waals surface area (Å²) in [5, 5.41) is 6.03. The molecule has 3 rings (SSSR count). The minimum atomic E-state index is -0.322. The van der Waals surface area contributed by atoms with E-state index in [1.807, 2.05) is 4.90 Å². The third-order valence-corrected chi connectivity index (χ3v) is 3.30. The number of aromatic nitrogens is 4. The molecule has 0 aliphatic carbocycles. The van der Waals surface area contributed by atoms with Gasteiger partial charge in [0.1, 0.15) is 5.69 Å². The van der Waals surface area contributed by atoms with E-state index >= 15 is 0 Å². The van der Waals surface area contributed by atoms with Crippen LogP contribution in [0.15, 0.2) is 35.4 Å². The Morgan fingerprint density at radius 2 is 1.81 bits per heavy atom. The lowest BCUT2D eigenvalue weighted by Gasteiger charge is -2.34. The average molecular weight is 286 g/mol. The van der Waals surface area contributed by atoms with Crippen LogP contribution in [0, 0.1) is 0 Å². The first-order chi connectivity index (χ1) is 10.2. The lowest BCUT2D eigenvalue weighted by molar-refractivity contribution is 0.0739. The molecule has 1 amide bonds. The summed E-state index contributed by atoms with van der Waals surface area (Å²) in [6.45, 7) is 2.47. The SMILES string of the molecule is O=C(c1ccc(=O)[nH]n1)N1CCN(c2ncccn2)CC1. The summed E-state index contributed by atoms with van der Waals surface area (Å²) < 4.78 is 0. The molecule has 0 unspecified atom stereocenters. The van der Waals surface area contributed by atoms with Crippen molar-refractivity contribution in [1.29, 1.82) is 0 Å². The van der Waals surface area contributed by atoms with E-state index in [2.05, 4.69) is 20.2 Å². The first-order valence-corrected chi connectivity index (χ1v) is 6.61. The summed E-state index contributed by atoms with van der Waals surface area (Å²) in [7, 11) is 0. The van der Waals surface area contributed by atoms with Crippen molar-refractivity contribution in [3.63, 3.8) is 0 Å². The maximum atomic E-state index is 12.2. The molecule has 2 aromatic heterocycles. The van der Waals surface area contributed by atoms with Gasteiger partial charge in [0.05, 0.1) is 0 Å². The van der Waals surface area contributed by atoms with Crippen molar-refractivity contribution in [3.05, 3.63) is 46.6 Å². The molecule has 8 heteroatoms. The van der Waals surface area contributed by atoms with Crippen molar-refractivity contribution in [2.45, 2.75) is 0 Å². The Morgan fingerprint density at radius 3 is 2.43 bits per heavy atom. The molecule has 0 bridgehead atoms. The fourth-order valence-corrected chi connectivity index (χ4v) is 2.19. The molecule has 2 aromatic rings. The molecule has 1 saturated heterocycles. The van der Waals surface area contributed by atoms with E-state index in [9.17, 15) is 9.59 Å². The summed E-state index contributed by atoms with van der Waals surface area (Å²) in [5.74, 6) is 0.492. The molecule has 21 heavy (non-hydrogen) atoms. The highest BCUT2D eigenvalue weighted by atomic mass is 16.2. The van der Waals surface area contributed by atoms with Crippen LogP contribution in [-0.4, -0.2) is 57.2 Å². The molecule has 0 aromatic carbocycles. The van der Waals surface area contributed by atoms with Gasteiger partial charge in [0.25, 0.3) is 11.5 Å². The van der Waals surface area contributed by atoms with Crippen LogP contribution < -0.4 is 10.5 Å². The molecule has 0 radical (unpaired) electrons. The van der Waals surface area contributed by atoms with Crippen LogP contribution in [0.25, 0.3) is 0 Å². The molecule has 1 N–H and O–H groups in total. The van der Waals surface area contributed by atoms with Crippen LogP contribution in [0.2, 0.25) is 0 Å². The largest absolute Gasteiger partial charge is 0.337 e. The quantitative estimate of drug-likeness (QED) is 0.801. The number of carbonyl (C=O) groups excluding carboxylic acids is 1. The van der Waals surface area contributed by atoms with Crippen molar-refractivity contribution < 1.29 is 4.79 Å². The second-order valence-corrected chi connectivity index (χ2v) is 4.63. The van der Waals surface area contributed by atoms with Gasteiger partial charge in [-0.25, -0.2) is 15.1 Å². The van der Waals surface area contributed by atoms with Gasteiger partial charge in [-0.05, 0) is 12.1 Å². The van der Waals surface area contributed by atoms with Gasteiger partial charge >= 0.3 is 0 Å². The van der Waals surface area contributed by atoms with Crippen molar-refractivity contribution in [3.8, 4) is 0 Å². The monoisotopic (exact) mass is 286 g/mol. The lowest BCUT2D eigenvalue weighted by Crippen LogP contribution is -2.49. The van der Waals surface area contributed by atoms with Gasteiger partial charge in [0.15, 0.2) is 0 Å². The van der Waals surface area contributed by atoms with Gasteiger partial charge in [-0.3, -0.25) is 9.59 Å². The van der Waals surface area contributed by atoms with Crippen LogP contribution >= 0.6 is 0 Å². The van der Waals surface area contributed by atoms with E-state index in [0.29, 0.717) is 32.1 Å². The number of hydrogen-bond acceptors (Lipinski definition) is 6. The third kappa shape index (κ3) is 2.88. The number of H-pyrrole nitrogens is 1. The highest BCUT2D eigenvalue weighted by molar-refractivity contribution is 5.92. The number of piperazine rings is 1. The number of nitrogens with one attached hydrogen (secondary N) is 1. The maximum absolute atomic E-state index is 12.2. The molecule has 8 nitrogen and oxygen atoms in total. The number of anilines is 1. The number of aromatic amines is 1. The summed E-state index contributed by atoms with van der Waals surface area (Å²) in [5.41, 5.74) is -0.0726. The van der Waals surface area contributed by atoms with Crippen LogP contribution in [0.4, 0.5) is 5.95 Å². The van der Waals surface area contributed by atoms with E-state index in [1.54, 1.807) is 23.4 Å². The molecular formula is C13H14N6O2. The lowest BCUT2D eigenvalue weighted by atomic mass is 10.2. The van der Waals surface area contributed by atoms with E-state index in [0.717, 1.165) is 0 Å². The highest BCUT2D eigenvalue weighted by Gasteiger charge is 2.24. The maximum Gasteiger partial charge on any atom is 0.274 e. The van der Waals surface area contributed by atoms with E-state index < -0.39 is 0 Å². The van der Waals surface area contributed by atoms with Gasteiger partial charge in [0.2, 0.25) is 5.95 Å². The van der Waals surface area contributed by atoms with Gasteiger partial charge < -0.3 is 9.80 Å². The Hall–Kier alpha value is -2.77. The summed E-state index contributed by atoms with van der Waals surface area (Å²) in [6.07, 6.45) is 3.40. The molecule has 0 spiro atoms.